The Hall–Kier alpha value is -3.98. The number of nitrogens with one attached hydrogen (secondary N) is 1. The SMILES string of the molecule is Cc1ccc(CN(C(=O)CCN2C(=O)c3ccccc3S2(=O)=O)[C@@H](Cc2ccccc2)C(=O)NC2CCCC2)cc1. The highest BCUT2D eigenvalue weighted by Gasteiger charge is 2.41. The summed E-state index contributed by atoms with van der Waals surface area (Å²) in [5.41, 5.74) is 2.94. The number of fused-ring (bicyclic) bond motifs is 1. The summed E-state index contributed by atoms with van der Waals surface area (Å²) in [5, 5.41) is 3.17. The summed E-state index contributed by atoms with van der Waals surface area (Å²) in [5.74, 6) is -1.26. The Morgan fingerprint density at radius 3 is 2.27 bits per heavy atom. The maximum Gasteiger partial charge on any atom is 0.269 e. The van der Waals surface area contributed by atoms with E-state index >= 15 is 0 Å². The number of rotatable bonds is 10. The molecule has 8 nitrogen and oxygen atoms in total. The summed E-state index contributed by atoms with van der Waals surface area (Å²) >= 11 is 0. The highest BCUT2D eigenvalue weighted by Crippen LogP contribution is 2.30. The summed E-state index contributed by atoms with van der Waals surface area (Å²) in [6, 6.07) is 22.6. The summed E-state index contributed by atoms with van der Waals surface area (Å²) in [6.45, 7) is 1.85. The molecule has 0 spiro atoms. The molecule has 0 unspecified atom stereocenters. The molecule has 2 aliphatic rings. The van der Waals surface area contributed by atoms with Crippen LogP contribution in [0.2, 0.25) is 0 Å². The second-order valence-corrected chi connectivity index (χ2v) is 12.7. The largest absolute Gasteiger partial charge is 0.352 e. The molecule has 3 aromatic rings. The topological polar surface area (TPSA) is 104 Å². The van der Waals surface area contributed by atoms with Gasteiger partial charge in [-0.2, -0.15) is 0 Å². The molecule has 3 aromatic carbocycles. The fraction of sp³-hybridized carbons (Fsp3) is 0.344. The minimum Gasteiger partial charge on any atom is -0.352 e. The van der Waals surface area contributed by atoms with Crippen LogP contribution in [-0.4, -0.2) is 54.0 Å². The van der Waals surface area contributed by atoms with Crippen LogP contribution in [-0.2, 0) is 32.6 Å². The number of hydrogen-bond donors (Lipinski definition) is 1. The monoisotopic (exact) mass is 573 g/mol. The van der Waals surface area contributed by atoms with Gasteiger partial charge in [-0.15, -0.1) is 0 Å². The van der Waals surface area contributed by atoms with Gasteiger partial charge in [0.25, 0.3) is 15.9 Å². The molecule has 0 aromatic heterocycles. The summed E-state index contributed by atoms with van der Waals surface area (Å²) in [7, 11) is -4.05. The molecule has 1 fully saturated rings. The number of carbonyl (C=O) groups excluding carboxylic acids is 3. The smallest absolute Gasteiger partial charge is 0.269 e. The van der Waals surface area contributed by atoms with Gasteiger partial charge < -0.3 is 10.2 Å². The van der Waals surface area contributed by atoms with Crippen LogP contribution < -0.4 is 5.32 Å². The van der Waals surface area contributed by atoms with Gasteiger partial charge in [0.2, 0.25) is 11.8 Å². The van der Waals surface area contributed by atoms with Crippen molar-refractivity contribution in [2.45, 2.75) is 69.0 Å². The third kappa shape index (κ3) is 6.35. The van der Waals surface area contributed by atoms with Crippen LogP contribution in [0, 0.1) is 6.92 Å². The maximum atomic E-state index is 13.9. The van der Waals surface area contributed by atoms with Crippen molar-refractivity contribution < 1.29 is 22.8 Å². The number of hydrogen-bond acceptors (Lipinski definition) is 5. The van der Waals surface area contributed by atoms with Crippen molar-refractivity contribution >= 4 is 27.7 Å². The number of nitrogens with zero attached hydrogens (tertiary/aromatic N) is 2. The van der Waals surface area contributed by atoms with Crippen LogP contribution in [0.4, 0.5) is 0 Å². The third-order valence-electron chi connectivity index (χ3n) is 7.89. The minimum absolute atomic E-state index is 0.0492. The van der Waals surface area contributed by atoms with Gasteiger partial charge in [0.15, 0.2) is 0 Å². The van der Waals surface area contributed by atoms with E-state index in [1.54, 1.807) is 17.0 Å². The molecule has 0 radical (unpaired) electrons. The summed E-state index contributed by atoms with van der Waals surface area (Å²) in [6.07, 6.45) is 3.99. The molecule has 0 bridgehead atoms. The van der Waals surface area contributed by atoms with E-state index in [-0.39, 0.29) is 41.9 Å². The standard InChI is InChI=1S/C32H35N3O5S/c1-23-15-17-25(18-16-23)22-34(28(21-24-9-3-2-4-10-24)31(37)33-26-11-5-6-12-26)30(36)19-20-35-32(38)27-13-7-8-14-29(27)41(35,39)40/h2-4,7-10,13-18,26,28H,5-6,11-12,19-22H2,1H3,(H,33,37)/t28-/m0/s1. The van der Waals surface area contributed by atoms with Gasteiger partial charge in [-0.05, 0) is 43.0 Å². The van der Waals surface area contributed by atoms with E-state index in [1.165, 1.54) is 12.1 Å². The van der Waals surface area contributed by atoms with Gasteiger partial charge in [-0.1, -0.05) is 85.1 Å². The predicted molar refractivity (Wildman–Crippen MR) is 155 cm³/mol. The first-order valence-corrected chi connectivity index (χ1v) is 15.5. The van der Waals surface area contributed by atoms with Crippen LogP contribution in [0.5, 0.6) is 0 Å². The Kier molecular flexibility index (Phi) is 8.54. The van der Waals surface area contributed by atoms with Gasteiger partial charge in [-0.3, -0.25) is 14.4 Å². The van der Waals surface area contributed by atoms with Crippen LogP contribution in [0.1, 0.15) is 59.2 Å². The van der Waals surface area contributed by atoms with E-state index in [4.69, 9.17) is 0 Å². The molecule has 1 aliphatic heterocycles. The fourth-order valence-corrected chi connectivity index (χ4v) is 7.17. The number of amides is 3. The van der Waals surface area contributed by atoms with Crippen LogP contribution >= 0.6 is 0 Å². The Balaban J connectivity index is 1.42. The molecule has 5 rings (SSSR count). The molecule has 1 aliphatic carbocycles. The number of benzene rings is 3. The first-order chi connectivity index (χ1) is 19.7. The molecule has 3 amide bonds. The Bertz CT molecular complexity index is 1520. The molecule has 0 saturated heterocycles. The van der Waals surface area contributed by atoms with Crippen molar-refractivity contribution in [3.8, 4) is 0 Å². The Morgan fingerprint density at radius 1 is 0.927 bits per heavy atom. The fourth-order valence-electron chi connectivity index (χ4n) is 5.60. The van der Waals surface area contributed by atoms with Crippen molar-refractivity contribution in [2.75, 3.05) is 6.54 Å². The normalized spacial score (nSPS) is 16.8. The van der Waals surface area contributed by atoms with E-state index in [1.807, 2.05) is 61.5 Å². The van der Waals surface area contributed by atoms with Gasteiger partial charge in [-0.25, -0.2) is 12.7 Å². The van der Waals surface area contributed by atoms with E-state index < -0.39 is 27.9 Å². The van der Waals surface area contributed by atoms with Crippen molar-refractivity contribution in [3.63, 3.8) is 0 Å². The molecule has 9 heteroatoms. The average Bonchev–Trinajstić information content (AvgIpc) is 3.55. The first kappa shape index (κ1) is 28.5. The molecule has 214 valence electrons. The number of sulfonamides is 1. The lowest BCUT2D eigenvalue weighted by Gasteiger charge is -2.33. The van der Waals surface area contributed by atoms with Crippen molar-refractivity contribution in [1.82, 2.24) is 14.5 Å². The highest BCUT2D eigenvalue weighted by atomic mass is 32.2. The van der Waals surface area contributed by atoms with Crippen molar-refractivity contribution in [2.24, 2.45) is 0 Å². The highest BCUT2D eigenvalue weighted by molar-refractivity contribution is 7.90. The summed E-state index contributed by atoms with van der Waals surface area (Å²) < 4.78 is 27.0. The second kappa shape index (κ2) is 12.3. The maximum absolute atomic E-state index is 13.9. The first-order valence-electron chi connectivity index (χ1n) is 14.1. The van der Waals surface area contributed by atoms with E-state index in [0.717, 1.165) is 46.7 Å². The number of carbonyl (C=O) groups is 3. The minimum atomic E-state index is -4.05. The van der Waals surface area contributed by atoms with Gasteiger partial charge >= 0.3 is 0 Å². The molecule has 1 heterocycles. The van der Waals surface area contributed by atoms with E-state index in [9.17, 15) is 22.8 Å². The summed E-state index contributed by atoms with van der Waals surface area (Å²) in [4.78, 5) is 42.2. The lowest BCUT2D eigenvalue weighted by molar-refractivity contribution is -0.141. The zero-order valence-electron chi connectivity index (χ0n) is 23.2. The Morgan fingerprint density at radius 2 is 1.59 bits per heavy atom. The molecule has 1 N–H and O–H groups in total. The lowest BCUT2D eigenvalue weighted by atomic mass is 10.0. The van der Waals surface area contributed by atoms with Crippen LogP contribution in [0.3, 0.4) is 0 Å². The average molecular weight is 574 g/mol. The molecule has 41 heavy (non-hydrogen) atoms. The van der Waals surface area contributed by atoms with Crippen LogP contribution in [0.25, 0.3) is 0 Å². The molecular weight excluding hydrogens is 538 g/mol. The van der Waals surface area contributed by atoms with Gasteiger partial charge in [0.05, 0.1) is 5.56 Å². The second-order valence-electron chi connectivity index (χ2n) is 10.8. The van der Waals surface area contributed by atoms with E-state index in [0.29, 0.717) is 6.42 Å². The lowest BCUT2D eigenvalue weighted by Crippen LogP contribution is -2.52. The molecule has 1 saturated carbocycles. The van der Waals surface area contributed by atoms with Crippen molar-refractivity contribution in [1.29, 1.82) is 0 Å². The molecular formula is C32H35N3O5S. The quantitative estimate of drug-likeness (QED) is 0.391. The van der Waals surface area contributed by atoms with Gasteiger partial charge in [0, 0.05) is 32.0 Å². The zero-order valence-corrected chi connectivity index (χ0v) is 24.0. The van der Waals surface area contributed by atoms with Crippen molar-refractivity contribution in [3.05, 3.63) is 101 Å². The Labute approximate surface area is 241 Å². The number of aryl methyl sites for hydroxylation is 1. The predicted octanol–water partition coefficient (Wildman–Crippen LogP) is 4.23. The zero-order chi connectivity index (χ0) is 29.0. The third-order valence-corrected chi connectivity index (χ3v) is 9.73. The van der Waals surface area contributed by atoms with Gasteiger partial charge in [0.1, 0.15) is 10.9 Å². The van der Waals surface area contributed by atoms with E-state index in [2.05, 4.69) is 5.32 Å². The molecule has 1 atom stereocenters. The van der Waals surface area contributed by atoms with Crippen LogP contribution in [0.15, 0.2) is 83.8 Å².